The Balaban J connectivity index is 2.63. The highest BCUT2D eigenvalue weighted by Gasteiger charge is 2.48. The zero-order chi connectivity index (χ0) is 17.3. The van der Waals surface area contributed by atoms with Gasteiger partial charge in [0, 0.05) is 11.8 Å². The molecule has 2 aromatic rings. The first-order valence-corrected chi connectivity index (χ1v) is 7.40. The molecule has 0 aliphatic carbocycles. The zero-order valence-corrected chi connectivity index (χ0v) is 12.3. The molecule has 0 unspecified atom stereocenters. The lowest BCUT2D eigenvalue weighted by molar-refractivity contribution is -0.0499. The zero-order valence-electron chi connectivity index (χ0n) is 11.5. The first-order valence-electron chi connectivity index (χ1n) is 5.99. The summed E-state index contributed by atoms with van der Waals surface area (Å²) in [5.74, 6) is -0.593. The SMILES string of the molecule is Cc1ccnnc1-c1cc(C#N)ccc1OS(=O)(=O)C(F)(F)F. The van der Waals surface area contributed by atoms with Crippen LogP contribution in [0.5, 0.6) is 5.75 Å². The van der Waals surface area contributed by atoms with Crippen molar-refractivity contribution < 1.29 is 25.8 Å². The van der Waals surface area contributed by atoms with Crippen molar-refractivity contribution in [2.75, 3.05) is 0 Å². The van der Waals surface area contributed by atoms with Gasteiger partial charge in [-0.2, -0.15) is 37.0 Å². The molecule has 0 atom stereocenters. The summed E-state index contributed by atoms with van der Waals surface area (Å²) in [6, 6.07) is 6.61. The average Bonchev–Trinajstić information content (AvgIpc) is 2.47. The lowest BCUT2D eigenvalue weighted by Gasteiger charge is -2.13. The van der Waals surface area contributed by atoms with Crippen LogP contribution in [0.2, 0.25) is 0 Å². The van der Waals surface area contributed by atoms with E-state index in [2.05, 4.69) is 14.4 Å². The number of hydrogen-bond donors (Lipinski definition) is 0. The van der Waals surface area contributed by atoms with E-state index < -0.39 is 21.4 Å². The number of nitrogens with zero attached hydrogens (tertiary/aromatic N) is 3. The van der Waals surface area contributed by atoms with E-state index in [1.165, 1.54) is 18.3 Å². The lowest BCUT2D eigenvalue weighted by atomic mass is 10.0. The largest absolute Gasteiger partial charge is 0.534 e. The maximum absolute atomic E-state index is 12.5. The number of nitriles is 1. The number of alkyl halides is 3. The number of halogens is 3. The predicted molar refractivity (Wildman–Crippen MR) is 72.5 cm³/mol. The molecule has 0 bridgehead atoms. The number of benzene rings is 1. The molecular formula is C13H8F3N3O3S. The fourth-order valence-corrected chi connectivity index (χ4v) is 2.16. The van der Waals surface area contributed by atoms with Crippen molar-refractivity contribution in [3.8, 4) is 23.1 Å². The molecule has 0 aliphatic heterocycles. The molecule has 0 radical (unpaired) electrons. The van der Waals surface area contributed by atoms with E-state index >= 15 is 0 Å². The minimum absolute atomic E-state index is 0.0810. The highest BCUT2D eigenvalue weighted by molar-refractivity contribution is 7.88. The van der Waals surface area contributed by atoms with Crippen LogP contribution in [0.4, 0.5) is 13.2 Å². The van der Waals surface area contributed by atoms with Crippen molar-refractivity contribution in [2.45, 2.75) is 12.4 Å². The molecule has 0 saturated heterocycles. The summed E-state index contributed by atoms with van der Waals surface area (Å²) in [7, 11) is -5.84. The van der Waals surface area contributed by atoms with Gasteiger partial charge in [-0.1, -0.05) is 0 Å². The summed E-state index contributed by atoms with van der Waals surface area (Å²) in [6.45, 7) is 1.60. The molecule has 0 aliphatic rings. The van der Waals surface area contributed by atoms with Crippen LogP contribution in [0.1, 0.15) is 11.1 Å². The normalized spacial score (nSPS) is 11.8. The molecule has 1 heterocycles. The second-order valence-corrected chi connectivity index (χ2v) is 5.91. The van der Waals surface area contributed by atoms with Gasteiger partial charge in [0.05, 0.1) is 17.3 Å². The molecule has 0 saturated carbocycles. The molecule has 23 heavy (non-hydrogen) atoms. The molecule has 120 valence electrons. The number of rotatable bonds is 3. The highest BCUT2D eigenvalue weighted by atomic mass is 32.2. The van der Waals surface area contributed by atoms with Crippen molar-refractivity contribution in [1.29, 1.82) is 5.26 Å². The molecule has 2 rings (SSSR count). The van der Waals surface area contributed by atoms with Gasteiger partial charge in [0.2, 0.25) is 0 Å². The Hall–Kier alpha value is -2.67. The summed E-state index contributed by atoms with van der Waals surface area (Å²) in [6.07, 6.45) is 1.36. The lowest BCUT2D eigenvalue weighted by Crippen LogP contribution is -2.28. The summed E-state index contributed by atoms with van der Waals surface area (Å²) in [4.78, 5) is 0. The van der Waals surface area contributed by atoms with Gasteiger partial charge in [0.25, 0.3) is 0 Å². The molecule has 1 aromatic heterocycles. The highest BCUT2D eigenvalue weighted by Crippen LogP contribution is 2.35. The molecular weight excluding hydrogens is 335 g/mol. The van der Waals surface area contributed by atoms with Gasteiger partial charge in [0.15, 0.2) is 5.75 Å². The monoisotopic (exact) mass is 343 g/mol. The van der Waals surface area contributed by atoms with E-state index in [0.717, 1.165) is 12.1 Å². The van der Waals surface area contributed by atoms with Gasteiger partial charge in [-0.15, -0.1) is 0 Å². The van der Waals surface area contributed by atoms with Crippen LogP contribution in [-0.2, 0) is 10.1 Å². The van der Waals surface area contributed by atoms with Crippen molar-refractivity contribution in [2.24, 2.45) is 0 Å². The average molecular weight is 343 g/mol. The van der Waals surface area contributed by atoms with Gasteiger partial charge in [-0.05, 0) is 36.8 Å². The van der Waals surface area contributed by atoms with Gasteiger partial charge in [-0.3, -0.25) is 0 Å². The van der Waals surface area contributed by atoms with Gasteiger partial charge in [-0.25, -0.2) is 0 Å². The van der Waals surface area contributed by atoms with Crippen LogP contribution >= 0.6 is 0 Å². The molecule has 0 spiro atoms. The Bertz CT molecular complexity index is 889. The van der Waals surface area contributed by atoms with Crippen LogP contribution in [-0.4, -0.2) is 24.1 Å². The number of hydrogen-bond acceptors (Lipinski definition) is 6. The molecule has 6 nitrogen and oxygen atoms in total. The Kier molecular flexibility index (Phi) is 4.24. The van der Waals surface area contributed by atoms with Crippen LogP contribution in [0.3, 0.4) is 0 Å². The quantitative estimate of drug-likeness (QED) is 0.628. The third kappa shape index (κ3) is 3.40. The molecule has 0 N–H and O–H groups in total. The van der Waals surface area contributed by atoms with E-state index in [-0.39, 0.29) is 16.8 Å². The van der Waals surface area contributed by atoms with Crippen molar-refractivity contribution in [3.63, 3.8) is 0 Å². The number of aromatic nitrogens is 2. The smallest absolute Gasteiger partial charge is 0.375 e. The first-order chi connectivity index (χ1) is 10.7. The standard InChI is InChI=1S/C13H8F3N3O3S/c1-8-4-5-18-19-12(8)10-6-9(7-17)2-3-11(10)22-23(20,21)13(14,15)16/h2-6H,1H3. The fraction of sp³-hybridized carbons (Fsp3) is 0.154. The Morgan fingerprint density at radius 2 is 1.96 bits per heavy atom. The van der Waals surface area contributed by atoms with Gasteiger partial charge >= 0.3 is 15.6 Å². The Morgan fingerprint density at radius 3 is 2.52 bits per heavy atom. The third-order valence-electron chi connectivity index (χ3n) is 2.77. The van der Waals surface area contributed by atoms with Crippen molar-refractivity contribution in [3.05, 3.63) is 41.6 Å². The maximum Gasteiger partial charge on any atom is 0.534 e. The third-order valence-corrected chi connectivity index (χ3v) is 3.74. The minimum Gasteiger partial charge on any atom is -0.375 e. The molecule has 10 heteroatoms. The first kappa shape index (κ1) is 16.7. The van der Waals surface area contributed by atoms with E-state index in [9.17, 15) is 21.6 Å². The van der Waals surface area contributed by atoms with E-state index in [0.29, 0.717) is 5.56 Å². The van der Waals surface area contributed by atoms with Gasteiger partial charge < -0.3 is 4.18 Å². The molecule has 0 fully saturated rings. The molecule has 1 aromatic carbocycles. The Labute approximate surface area is 129 Å². The van der Waals surface area contributed by atoms with Crippen LogP contribution in [0, 0.1) is 18.3 Å². The second kappa shape index (κ2) is 5.85. The minimum atomic E-state index is -5.84. The molecule has 0 amide bonds. The van der Waals surface area contributed by atoms with Gasteiger partial charge in [0.1, 0.15) is 0 Å². The summed E-state index contributed by atoms with van der Waals surface area (Å²) >= 11 is 0. The summed E-state index contributed by atoms with van der Waals surface area (Å²) in [5.41, 5.74) is -4.93. The fourth-order valence-electron chi connectivity index (χ4n) is 1.68. The van der Waals surface area contributed by atoms with E-state index in [1.807, 2.05) is 0 Å². The second-order valence-electron chi connectivity index (χ2n) is 4.37. The summed E-state index contributed by atoms with van der Waals surface area (Å²) < 4.78 is 64.0. The predicted octanol–water partition coefficient (Wildman–Crippen LogP) is 2.55. The van der Waals surface area contributed by atoms with Crippen LogP contribution < -0.4 is 4.18 Å². The maximum atomic E-state index is 12.5. The van der Waals surface area contributed by atoms with Crippen LogP contribution in [0.15, 0.2) is 30.5 Å². The Morgan fingerprint density at radius 1 is 1.26 bits per heavy atom. The number of aryl methyl sites for hydroxylation is 1. The van der Waals surface area contributed by atoms with E-state index in [4.69, 9.17) is 5.26 Å². The summed E-state index contributed by atoms with van der Waals surface area (Å²) in [5, 5.41) is 16.3. The van der Waals surface area contributed by atoms with Crippen LogP contribution in [0.25, 0.3) is 11.3 Å². The topological polar surface area (TPSA) is 92.9 Å². The van der Waals surface area contributed by atoms with E-state index in [1.54, 1.807) is 13.0 Å². The van der Waals surface area contributed by atoms with Crippen molar-refractivity contribution in [1.82, 2.24) is 10.2 Å². The van der Waals surface area contributed by atoms with Crippen molar-refractivity contribution >= 4 is 10.1 Å².